The first-order valence-electron chi connectivity index (χ1n) is 13.0. The third-order valence-corrected chi connectivity index (χ3v) is 8.60. The van der Waals surface area contributed by atoms with Crippen LogP contribution in [0, 0.1) is 12.8 Å². The standard InChI is InChI=1S/C27H36N6O2S/c1-4-33-25-20(17-29-27(30-25)28-12-9-19-10-13-32(3)14-11-19)16-24(26(33)34)23-8-7-22(15-18(23)2)36(35)31-21-5-6-21/h7-8,15-17,19,21,31H,4-6,9-14H2,1-3H3,(H,28,29,30). The molecule has 1 atom stereocenters. The van der Waals surface area contributed by atoms with Gasteiger partial charge in [0, 0.05) is 36.3 Å². The number of nitrogens with zero attached hydrogens (tertiary/aromatic N) is 4. The van der Waals surface area contributed by atoms with Crippen LogP contribution in [0.15, 0.2) is 40.2 Å². The van der Waals surface area contributed by atoms with Crippen molar-refractivity contribution in [3.8, 4) is 11.1 Å². The molecule has 1 aromatic carbocycles. The summed E-state index contributed by atoms with van der Waals surface area (Å²) in [6, 6.07) is 7.90. The Hall–Kier alpha value is -2.62. The third kappa shape index (κ3) is 5.53. The van der Waals surface area contributed by atoms with E-state index in [0.717, 1.165) is 53.1 Å². The Morgan fingerprint density at radius 3 is 2.58 bits per heavy atom. The molecule has 0 spiro atoms. The average molecular weight is 509 g/mol. The maximum absolute atomic E-state index is 13.5. The van der Waals surface area contributed by atoms with Gasteiger partial charge in [0.05, 0.1) is 4.90 Å². The smallest absolute Gasteiger partial charge is 0.260 e. The van der Waals surface area contributed by atoms with Crippen molar-refractivity contribution in [3.63, 3.8) is 0 Å². The van der Waals surface area contributed by atoms with E-state index < -0.39 is 11.0 Å². The fourth-order valence-electron chi connectivity index (χ4n) is 4.94. The molecule has 3 heterocycles. The Balaban J connectivity index is 1.37. The number of nitrogens with one attached hydrogen (secondary N) is 2. The van der Waals surface area contributed by atoms with Crippen LogP contribution >= 0.6 is 0 Å². The van der Waals surface area contributed by atoms with Crippen molar-refractivity contribution < 1.29 is 4.21 Å². The lowest BCUT2D eigenvalue weighted by molar-refractivity contribution is 0.215. The highest BCUT2D eigenvalue weighted by molar-refractivity contribution is 7.83. The largest absolute Gasteiger partial charge is 0.354 e. The van der Waals surface area contributed by atoms with E-state index in [1.54, 1.807) is 10.8 Å². The minimum absolute atomic E-state index is 0.0750. The number of aryl methyl sites for hydroxylation is 2. The first-order valence-corrected chi connectivity index (χ1v) is 14.2. The summed E-state index contributed by atoms with van der Waals surface area (Å²) in [5.41, 5.74) is 2.95. The van der Waals surface area contributed by atoms with Gasteiger partial charge in [-0.25, -0.2) is 13.9 Å². The molecule has 8 nitrogen and oxygen atoms in total. The van der Waals surface area contributed by atoms with Crippen molar-refractivity contribution in [1.82, 2.24) is 24.2 Å². The second-order valence-electron chi connectivity index (χ2n) is 10.2. The van der Waals surface area contributed by atoms with Gasteiger partial charge >= 0.3 is 0 Å². The van der Waals surface area contributed by atoms with Gasteiger partial charge in [-0.15, -0.1) is 0 Å². The number of hydrogen-bond donors (Lipinski definition) is 2. The highest BCUT2D eigenvalue weighted by Crippen LogP contribution is 2.27. The van der Waals surface area contributed by atoms with Crippen LogP contribution < -0.4 is 15.6 Å². The summed E-state index contributed by atoms with van der Waals surface area (Å²) in [6.07, 6.45) is 7.53. The highest BCUT2D eigenvalue weighted by atomic mass is 32.2. The number of aromatic nitrogens is 3. The number of likely N-dealkylation sites (tertiary alicyclic amines) is 1. The molecule has 192 valence electrons. The van der Waals surface area contributed by atoms with E-state index >= 15 is 0 Å². The van der Waals surface area contributed by atoms with Crippen molar-refractivity contribution in [2.75, 3.05) is 32.0 Å². The van der Waals surface area contributed by atoms with E-state index in [9.17, 15) is 9.00 Å². The molecule has 2 N–H and O–H groups in total. The third-order valence-electron chi connectivity index (χ3n) is 7.37. The number of benzene rings is 1. The average Bonchev–Trinajstić information content (AvgIpc) is 3.69. The number of hydrogen-bond acceptors (Lipinski definition) is 6. The lowest BCUT2D eigenvalue weighted by atomic mass is 9.94. The van der Waals surface area contributed by atoms with Crippen LogP contribution in [0.5, 0.6) is 0 Å². The Bertz CT molecular complexity index is 1330. The predicted octanol–water partition coefficient (Wildman–Crippen LogP) is 3.71. The van der Waals surface area contributed by atoms with E-state index in [1.807, 2.05) is 38.1 Å². The molecule has 5 rings (SSSR count). The molecule has 0 radical (unpaired) electrons. The molecular weight excluding hydrogens is 472 g/mol. The van der Waals surface area contributed by atoms with Crippen molar-refractivity contribution in [2.24, 2.45) is 5.92 Å². The van der Waals surface area contributed by atoms with E-state index in [1.165, 1.54) is 25.9 Å². The summed E-state index contributed by atoms with van der Waals surface area (Å²) >= 11 is 0. The molecule has 3 aromatic rings. The van der Waals surface area contributed by atoms with Crippen LogP contribution in [0.3, 0.4) is 0 Å². The van der Waals surface area contributed by atoms with Gasteiger partial charge in [0.2, 0.25) is 5.95 Å². The molecule has 1 aliphatic carbocycles. The zero-order valence-electron chi connectivity index (χ0n) is 21.4. The number of piperidine rings is 1. The first kappa shape index (κ1) is 25.0. The predicted molar refractivity (Wildman–Crippen MR) is 146 cm³/mol. The summed E-state index contributed by atoms with van der Waals surface area (Å²) in [4.78, 5) is 25.9. The van der Waals surface area contributed by atoms with E-state index in [4.69, 9.17) is 4.98 Å². The fourth-order valence-corrected chi connectivity index (χ4v) is 6.09. The molecule has 1 aliphatic heterocycles. The van der Waals surface area contributed by atoms with Gasteiger partial charge in [-0.3, -0.25) is 9.36 Å². The van der Waals surface area contributed by atoms with Gasteiger partial charge in [-0.2, -0.15) is 4.98 Å². The maximum atomic E-state index is 13.5. The minimum Gasteiger partial charge on any atom is -0.354 e. The monoisotopic (exact) mass is 508 g/mol. The van der Waals surface area contributed by atoms with E-state index in [0.29, 0.717) is 29.7 Å². The second kappa shape index (κ2) is 10.8. The molecular formula is C27H36N6O2S. The molecule has 2 aliphatic rings. The van der Waals surface area contributed by atoms with Crippen LogP contribution in [0.1, 0.15) is 44.6 Å². The highest BCUT2D eigenvalue weighted by Gasteiger charge is 2.24. The summed E-state index contributed by atoms with van der Waals surface area (Å²) in [5.74, 6) is 1.30. The fraction of sp³-hybridized carbons (Fsp3) is 0.519. The lowest BCUT2D eigenvalue weighted by Crippen LogP contribution is -2.31. The van der Waals surface area contributed by atoms with Crippen molar-refractivity contribution in [1.29, 1.82) is 0 Å². The first-order chi connectivity index (χ1) is 17.4. The van der Waals surface area contributed by atoms with Gasteiger partial charge in [-0.1, -0.05) is 6.07 Å². The molecule has 0 bridgehead atoms. The van der Waals surface area contributed by atoms with Gasteiger partial charge in [0.1, 0.15) is 16.6 Å². The molecule has 1 saturated heterocycles. The van der Waals surface area contributed by atoms with Gasteiger partial charge in [0.25, 0.3) is 5.56 Å². The maximum Gasteiger partial charge on any atom is 0.260 e. The van der Waals surface area contributed by atoms with Crippen molar-refractivity contribution >= 4 is 28.0 Å². The second-order valence-corrected chi connectivity index (χ2v) is 11.4. The van der Waals surface area contributed by atoms with Crippen LogP contribution in [0.2, 0.25) is 0 Å². The minimum atomic E-state index is -1.23. The molecule has 9 heteroatoms. The molecule has 2 fully saturated rings. The van der Waals surface area contributed by atoms with Gasteiger partial charge in [0.15, 0.2) is 0 Å². The molecule has 36 heavy (non-hydrogen) atoms. The Morgan fingerprint density at radius 2 is 1.89 bits per heavy atom. The van der Waals surface area contributed by atoms with Crippen molar-refractivity contribution in [2.45, 2.75) is 63.4 Å². The zero-order valence-corrected chi connectivity index (χ0v) is 22.2. The number of fused-ring (bicyclic) bond motifs is 1. The van der Waals surface area contributed by atoms with Crippen LogP contribution in [0.25, 0.3) is 22.2 Å². The Labute approximate surface area is 215 Å². The lowest BCUT2D eigenvalue weighted by Gasteiger charge is -2.28. The zero-order chi connectivity index (χ0) is 25.2. The molecule has 1 saturated carbocycles. The topological polar surface area (TPSA) is 92.1 Å². The number of anilines is 1. The number of pyridine rings is 1. The van der Waals surface area contributed by atoms with Crippen molar-refractivity contribution in [3.05, 3.63) is 46.4 Å². The van der Waals surface area contributed by atoms with E-state index in [-0.39, 0.29) is 5.56 Å². The summed E-state index contributed by atoms with van der Waals surface area (Å²) in [6.45, 7) is 7.60. The molecule has 0 amide bonds. The van der Waals surface area contributed by atoms with E-state index in [2.05, 4.69) is 27.0 Å². The molecule has 2 aromatic heterocycles. The quantitative estimate of drug-likeness (QED) is 0.458. The van der Waals surface area contributed by atoms with Crippen LogP contribution in [-0.4, -0.2) is 56.4 Å². The summed E-state index contributed by atoms with van der Waals surface area (Å²) < 4.78 is 17.4. The Kier molecular flexibility index (Phi) is 7.50. The van der Waals surface area contributed by atoms with Crippen LogP contribution in [0.4, 0.5) is 5.95 Å². The summed E-state index contributed by atoms with van der Waals surface area (Å²) in [7, 11) is 0.951. The SMILES string of the molecule is CCn1c(=O)c(-c2ccc(S(=O)NC3CC3)cc2C)cc2cnc(NCCC3CCN(C)CC3)nc21. The van der Waals surface area contributed by atoms with Crippen LogP contribution in [-0.2, 0) is 17.5 Å². The van der Waals surface area contributed by atoms with Gasteiger partial charge in [-0.05, 0) is 101 Å². The summed E-state index contributed by atoms with van der Waals surface area (Å²) in [5, 5.41) is 4.20. The normalized spacial score (nSPS) is 18.0. The number of rotatable bonds is 9. The Morgan fingerprint density at radius 1 is 1.11 bits per heavy atom. The molecule has 1 unspecified atom stereocenters. The van der Waals surface area contributed by atoms with Gasteiger partial charge < -0.3 is 10.2 Å².